The highest BCUT2D eigenvalue weighted by molar-refractivity contribution is 6.41. The molecule has 0 atom stereocenters. The van der Waals surface area contributed by atoms with Gasteiger partial charge in [0.25, 0.3) is 0 Å². The van der Waals surface area contributed by atoms with Crippen LogP contribution in [0.3, 0.4) is 0 Å². The first-order chi connectivity index (χ1) is 11.0. The summed E-state index contributed by atoms with van der Waals surface area (Å²) in [7, 11) is -0.0310. The van der Waals surface area contributed by atoms with Gasteiger partial charge in [0, 0.05) is 9.52 Å². The zero-order valence-electron chi connectivity index (χ0n) is 15.5. The summed E-state index contributed by atoms with van der Waals surface area (Å²) in [5.74, 6) is 0. The minimum Gasteiger partial charge on any atom is -0.105 e. The molecule has 0 saturated heterocycles. The molecule has 23 heavy (non-hydrogen) atoms. The van der Waals surface area contributed by atoms with Gasteiger partial charge in [0.15, 0.2) is 0 Å². The number of hydrogen-bond donors (Lipinski definition) is 0. The highest BCUT2D eigenvalue weighted by atomic mass is 28.2. The van der Waals surface area contributed by atoms with Crippen LogP contribution in [0.2, 0.25) is 6.04 Å². The van der Waals surface area contributed by atoms with E-state index in [1.165, 1.54) is 36.5 Å². The maximum Gasteiger partial charge on any atom is 0.0453 e. The van der Waals surface area contributed by atoms with Crippen LogP contribution in [0, 0.1) is 5.41 Å². The molecule has 0 aromatic rings. The molecule has 1 aliphatic rings. The molecule has 1 aliphatic heterocycles. The Morgan fingerprint density at radius 1 is 1.13 bits per heavy atom. The fourth-order valence-corrected chi connectivity index (χ4v) is 3.72. The van der Waals surface area contributed by atoms with Crippen LogP contribution in [0.15, 0.2) is 71.5 Å². The molecule has 1 rings (SSSR count). The molecule has 1 heterocycles. The lowest BCUT2D eigenvalue weighted by Gasteiger charge is -2.18. The van der Waals surface area contributed by atoms with E-state index in [0.717, 1.165) is 6.42 Å². The Bertz CT molecular complexity index is 510. The van der Waals surface area contributed by atoms with Crippen LogP contribution in [0.1, 0.15) is 53.4 Å². The maximum absolute atomic E-state index is 2.47. The lowest BCUT2D eigenvalue weighted by atomic mass is 9.88. The molecule has 0 aliphatic carbocycles. The Morgan fingerprint density at radius 3 is 2.70 bits per heavy atom. The van der Waals surface area contributed by atoms with Gasteiger partial charge in [-0.1, -0.05) is 80.1 Å². The lowest BCUT2D eigenvalue weighted by molar-refractivity contribution is 0.488. The van der Waals surface area contributed by atoms with Crippen LogP contribution >= 0.6 is 0 Å². The average Bonchev–Trinajstić information content (AvgIpc) is 2.50. The molecule has 0 aromatic carbocycles. The van der Waals surface area contributed by atoms with Crippen LogP contribution in [0.25, 0.3) is 0 Å². The molecule has 0 bridgehead atoms. The molecule has 0 aromatic heterocycles. The van der Waals surface area contributed by atoms with E-state index in [2.05, 4.69) is 88.1 Å². The molecular weight excluding hydrogens is 292 g/mol. The van der Waals surface area contributed by atoms with E-state index < -0.39 is 0 Å². The third-order valence-corrected chi connectivity index (χ3v) is 5.47. The van der Waals surface area contributed by atoms with Gasteiger partial charge in [-0.15, -0.1) is 5.70 Å². The van der Waals surface area contributed by atoms with E-state index in [1.54, 1.807) is 0 Å². The summed E-state index contributed by atoms with van der Waals surface area (Å²) in [6.45, 7) is 8.89. The molecule has 0 fully saturated rings. The summed E-state index contributed by atoms with van der Waals surface area (Å²) in [4.78, 5) is 0. The summed E-state index contributed by atoms with van der Waals surface area (Å²) in [5.41, 5.74) is 5.35. The van der Waals surface area contributed by atoms with Gasteiger partial charge >= 0.3 is 0 Å². The van der Waals surface area contributed by atoms with Crippen molar-refractivity contribution in [1.29, 1.82) is 0 Å². The van der Waals surface area contributed by atoms with E-state index in [-0.39, 0.29) is 14.9 Å². The van der Waals surface area contributed by atoms with Crippen molar-refractivity contribution >= 4 is 9.52 Å². The van der Waals surface area contributed by atoms with E-state index >= 15 is 0 Å². The van der Waals surface area contributed by atoms with Gasteiger partial charge in [0.05, 0.1) is 0 Å². The first kappa shape index (κ1) is 19.7. The van der Waals surface area contributed by atoms with Gasteiger partial charge in [0.1, 0.15) is 0 Å². The Hall–Kier alpha value is -1.34. The standard InChI is InChI=1S/C22H34Si/c1-5-12-20(2)19-21-13-11-18-23-17-10-8-6-7-9-15-22(3,4)16-14-21/h5,7,9-10,12-14,16-17,19H,6,8,11,15,18,23H2,1-4H3/b9-7?,12-5?,16-14?,17-10+,20-19?,21-13?. The average molecular weight is 327 g/mol. The van der Waals surface area contributed by atoms with E-state index in [1.807, 2.05) is 0 Å². The summed E-state index contributed by atoms with van der Waals surface area (Å²) < 4.78 is 0. The summed E-state index contributed by atoms with van der Waals surface area (Å²) in [6.07, 6.45) is 25.5. The molecular formula is C22H34Si. The minimum atomic E-state index is -0.0310. The SMILES string of the molecule is CC=CC(C)=CC1=CCC[SiH2]/C=C/CCC=CCC(C)(C)C=C1. The monoisotopic (exact) mass is 326 g/mol. The van der Waals surface area contributed by atoms with Crippen LogP contribution in [0.5, 0.6) is 0 Å². The van der Waals surface area contributed by atoms with Crippen LogP contribution in [0.4, 0.5) is 0 Å². The number of allylic oxidation sites excluding steroid dienone is 11. The molecule has 0 nitrogen and oxygen atoms in total. The van der Waals surface area contributed by atoms with Gasteiger partial charge in [-0.3, -0.25) is 0 Å². The molecule has 126 valence electrons. The molecule has 0 saturated carbocycles. The second kappa shape index (κ2) is 11.2. The Balaban J connectivity index is 2.94. The second-order valence-electron chi connectivity index (χ2n) is 7.07. The number of rotatable bonds is 2. The van der Waals surface area contributed by atoms with Crippen molar-refractivity contribution in [3.63, 3.8) is 0 Å². The van der Waals surface area contributed by atoms with Crippen LogP contribution < -0.4 is 0 Å². The van der Waals surface area contributed by atoms with Gasteiger partial charge in [-0.25, -0.2) is 0 Å². The first-order valence-corrected chi connectivity index (χ1v) is 10.9. The predicted molar refractivity (Wildman–Crippen MR) is 110 cm³/mol. The van der Waals surface area contributed by atoms with E-state index in [9.17, 15) is 0 Å². The molecule has 0 amide bonds. The fraction of sp³-hybridized carbons (Fsp3) is 0.455. The summed E-state index contributed by atoms with van der Waals surface area (Å²) >= 11 is 0. The van der Waals surface area contributed by atoms with Crippen molar-refractivity contribution in [2.45, 2.75) is 59.4 Å². The van der Waals surface area contributed by atoms with Crippen LogP contribution in [-0.4, -0.2) is 9.52 Å². The molecule has 0 unspecified atom stereocenters. The topological polar surface area (TPSA) is 0 Å². The predicted octanol–water partition coefficient (Wildman–Crippen LogP) is 6.25. The quantitative estimate of drug-likeness (QED) is 0.320. The highest BCUT2D eigenvalue weighted by Crippen LogP contribution is 2.24. The second-order valence-corrected chi connectivity index (χ2v) is 8.83. The normalized spacial score (nSPS) is 23.5. The van der Waals surface area contributed by atoms with Crippen molar-refractivity contribution < 1.29 is 0 Å². The van der Waals surface area contributed by atoms with Crippen molar-refractivity contribution in [1.82, 2.24) is 0 Å². The maximum atomic E-state index is 2.47. The Morgan fingerprint density at radius 2 is 1.91 bits per heavy atom. The van der Waals surface area contributed by atoms with E-state index in [0.29, 0.717) is 0 Å². The largest absolute Gasteiger partial charge is 0.105 e. The Kier molecular flexibility index (Phi) is 9.62. The van der Waals surface area contributed by atoms with Crippen molar-refractivity contribution in [3.8, 4) is 0 Å². The van der Waals surface area contributed by atoms with Gasteiger partial charge < -0.3 is 0 Å². The summed E-state index contributed by atoms with van der Waals surface area (Å²) in [6, 6.07) is 1.36. The third kappa shape index (κ3) is 10.1. The van der Waals surface area contributed by atoms with Crippen molar-refractivity contribution in [2.75, 3.05) is 0 Å². The molecule has 0 N–H and O–H groups in total. The number of hydrogen-bond acceptors (Lipinski definition) is 0. The zero-order valence-corrected chi connectivity index (χ0v) is 16.9. The minimum absolute atomic E-state index is 0.0310. The Labute approximate surface area is 146 Å². The smallest absolute Gasteiger partial charge is 0.0453 e. The molecule has 0 spiro atoms. The summed E-state index contributed by atoms with van der Waals surface area (Å²) in [5, 5.41) is 0. The lowest BCUT2D eigenvalue weighted by Crippen LogP contribution is -2.05. The van der Waals surface area contributed by atoms with Crippen molar-refractivity contribution in [2.24, 2.45) is 5.41 Å². The first-order valence-electron chi connectivity index (χ1n) is 9.04. The van der Waals surface area contributed by atoms with Gasteiger partial charge in [0.2, 0.25) is 0 Å². The van der Waals surface area contributed by atoms with E-state index in [4.69, 9.17) is 0 Å². The van der Waals surface area contributed by atoms with Gasteiger partial charge in [-0.2, -0.15) is 0 Å². The molecule has 0 radical (unpaired) electrons. The third-order valence-electron chi connectivity index (χ3n) is 3.98. The molecule has 1 heteroatoms. The van der Waals surface area contributed by atoms with Gasteiger partial charge in [-0.05, 0) is 50.5 Å². The van der Waals surface area contributed by atoms with Crippen LogP contribution in [-0.2, 0) is 0 Å². The highest BCUT2D eigenvalue weighted by Gasteiger charge is 2.11. The fourth-order valence-electron chi connectivity index (χ4n) is 2.58. The zero-order chi connectivity index (χ0) is 17.0. The van der Waals surface area contributed by atoms with Crippen molar-refractivity contribution in [3.05, 3.63) is 71.5 Å².